The summed E-state index contributed by atoms with van der Waals surface area (Å²) < 4.78 is 0. The van der Waals surface area contributed by atoms with E-state index in [0.29, 0.717) is 0 Å². The highest BCUT2D eigenvalue weighted by Gasteiger charge is 1.98. The summed E-state index contributed by atoms with van der Waals surface area (Å²) in [6.07, 6.45) is 2.52. The molecule has 0 aromatic rings. The van der Waals surface area contributed by atoms with Crippen molar-refractivity contribution < 1.29 is 0 Å². The maximum absolute atomic E-state index is 3.01. The van der Waals surface area contributed by atoms with Gasteiger partial charge in [-0.2, -0.15) is 0 Å². The molecular weight excluding hydrogens is 158 g/mol. The van der Waals surface area contributed by atoms with E-state index in [4.69, 9.17) is 0 Å². The first-order valence-electron chi connectivity index (χ1n) is 5.34. The average Bonchev–Trinajstić information content (AvgIpc) is 2.18. The molecule has 0 N–H and O–H groups in total. The Bertz CT molecular complexity index is 141. The molecule has 0 bridgehead atoms. The van der Waals surface area contributed by atoms with Crippen molar-refractivity contribution >= 4 is 0 Å². The molecule has 0 aliphatic carbocycles. The molecule has 1 atom stereocenters. The lowest BCUT2D eigenvalue weighted by Gasteiger charge is -2.13. The summed E-state index contributed by atoms with van der Waals surface area (Å²) in [6, 6.07) is 3.01. The zero-order valence-corrected chi connectivity index (χ0v) is 10.1. The van der Waals surface area contributed by atoms with Gasteiger partial charge in [0.05, 0.1) is 0 Å². The van der Waals surface area contributed by atoms with Crippen LogP contribution in [0.25, 0.3) is 0 Å². The molecule has 0 heterocycles. The summed E-state index contributed by atoms with van der Waals surface area (Å²) in [5, 5.41) is 0. The van der Waals surface area contributed by atoms with Gasteiger partial charge in [0.15, 0.2) is 0 Å². The number of hydrogen-bond donors (Lipinski definition) is 0. The van der Waals surface area contributed by atoms with E-state index in [2.05, 4.69) is 30.7 Å². The molecule has 0 radical (unpaired) electrons. The minimum Gasteiger partial charge on any atom is -0.336 e. The Morgan fingerprint density at radius 2 is 1.85 bits per heavy atom. The van der Waals surface area contributed by atoms with Crippen molar-refractivity contribution in [3.63, 3.8) is 0 Å². The van der Waals surface area contributed by atoms with Gasteiger partial charge in [-0.25, -0.2) is 0 Å². The van der Waals surface area contributed by atoms with E-state index in [1.807, 2.05) is 27.8 Å². The van der Waals surface area contributed by atoms with Gasteiger partial charge < -0.3 is 4.90 Å². The second kappa shape index (κ2) is 11.4. The summed E-state index contributed by atoms with van der Waals surface area (Å²) in [7, 11) is 2.04. The van der Waals surface area contributed by atoms with Crippen LogP contribution in [-0.2, 0) is 0 Å². The van der Waals surface area contributed by atoms with E-state index >= 15 is 0 Å². The number of rotatable bonds is 4. The highest BCUT2D eigenvalue weighted by molar-refractivity contribution is 4.93. The Morgan fingerprint density at radius 3 is 2.23 bits per heavy atom. The van der Waals surface area contributed by atoms with Crippen LogP contribution in [0, 0.1) is 17.9 Å². The summed E-state index contributed by atoms with van der Waals surface area (Å²) in [6.45, 7) is 11.5. The minimum absolute atomic E-state index is 0.830. The molecule has 0 fully saturated rings. The van der Waals surface area contributed by atoms with Gasteiger partial charge in [-0.05, 0) is 19.3 Å². The van der Waals surface area contributed by atoms with E-state index < -0.39 is 0 Å². The Morgan fingerprint density at radius 1 is 1.31 bits per heavy atom. The van der Waals surface area contributed by atoms with Crippen molar-refractivity contribution in [2.45, 2.75) is 47.5 Å². The molecule has 78 valence electrons. The van der Waals surface area contributed by atoms with E-state index in [1.165, 1.54) is 12.8 Å². The lowest BCUT2D eigenvalue weighted by Crippen LogP contribution is -2.15. The Hall–Kier alpha value is -0.640. The fourth-order valence-electron chi connectivity index (χ4n) is 0.865. The average molecular weight is 183 g/mol. The van der Waals surface area contributed by atoms with Gasteiger partial charge >= 0.3 is 0 Å². The molecule has 1 heteroatoms. The van der Waals surface area contributed by atoms with Gasteiger partial charge in [-0.1, -0.05) is 40.0 Å². The molecule has 1 unspecified atom stereocenters. The molecule has 0 aliphatic rings. The lowest BCUT2D eigenvalue weighted by atomic mass is 10.1. The van der Waals surface area contributed by atoms with Crippen molar-refractivity contribution in [1.82, 2.24) is 4.90 Å². The van der Waals surface area contributed by atoms with Crippen LogP contribution in [0.1, 0.15) is 47.5 Å². The van der Waals surface area contributed by atoms with E-state index in [1.54, 1.807) is 0 Å². The fraction of sp³-hybridized carbons (Fsp3) is 0.833. The van der Waals surface area contributed by atoms with Crippen LogP contribution >= 0.6 is 0 Å². The van der Waals surface area contributed by atoms with Gasteiger partial charge in [0, 0.05) is 19.6 Å². The van der Waals surface area contributed by atoms with Crippen LogP contribution < -0.4 is 0 Å². The Kier molecular flexibility index (Phi) is 13.0. The maximum atomic E-state index is 3.01. The summed E-state index contributed by atoms with van der Waals surface area (Å²) in [5.41, 5.74) is 0. The van der Waals surface area contributed by atoms with E-state index in [0.717, 1.165) is 12.5 Å². The second-order valence-corrected chi connectivity index (χ2v) is 3.09. The minimum atomic E-state index is 0.830. The van der Waals surface area contributed by atoms with Gasteiger partial charge in [-0.3, -0.25) is 0 Å². The van der Waals surface area contributed by atoms with Crippen LogP contribution in [0.3, 0.4) is 0 Å². The highest BCUT2D eigenvalue weighted by atomic mass is 15.1. The third kappa shape index (κ3) is 11.4. The maximum Gasteiger partial charge on any atom is 0.0259 e. The number of hydrogen-bond acceptors (Lipinski definition) is 1. The standard InChI is InChI=1S/C10H19N.C2H6/c1-5-8-11(4)9-7-10(3)6-2;1-2/h10H,6-7,9H2,1-4H3;1-2H3. The van der Waals surface area contributed by atoms with Crippen LogP contribution in [0.4, 0.5) is 0 Å². The SMILES string of the molecule is CC.CC#CN(C)CCC(C)CC. The normalized spacial score (nSPS) is 10.3. The molecule has 0 amide bonds. The summed E-state index contributed by atoms with van der Waals surface area (Å²) >= 11 is 0. The Balaban J connectivity index is 0. The molecule has 0 aromatic carbocycles. The van der Waals surface area contributed by atoms with Crippen LogP contribution in [0.15, 0.2) is 0 Å². The smallest absolute Gasteiger partial charge is 0.0259 e. The fourth-order valence-corrected chi connectivity index (χ4v) is 0.865. The molecule has 0 saturated heterocycles. The zero-order chi connectivity index (χ0) is 10.7. The molecule has 0 aliphatic heterocycles. The van der Waals surface area contributed by atoms with Crippen molar-refractivity contribution in [2.75, 3.05) is 13.6 Å². The molecule has 13 heavy (non-hydrogen) atoms. The molecule has 0 rings (SSSR count). The number of nitrogens with zero attached hydrogens (tertiary/aromatic N) is 1. The van der Waals surface area contributed by atoms with Crippen LogP contribution in [0.5, 0.6) is 0 Å². The van der Waals surface area contributed by atoms with E-state index in [-0.39, 0.29) is 0 Å². The predicted molar refractivity (Wildman–Crippen MR) is 61.5 cm³/mol. The molecule has 1 nitrogen and oxygen atoms in total. The quantitative estimate of drug-likeness (QED) is 0.477. The topological polar surface area (TPSA) is 3.24 Å². The van der Waals surface area contributed by atoms with Crippen molar-refractivity contribution in [3.05, 3.63) is 0 Å². The molecular formula is C12H25N. The molecule has 0 aromatic heterocycles. The van der Waals surface area contributed by atoms with Crippen molar-refractivity contribution in [1.29, 1.82) is 0 Å². The lowest BCUT2D eigenvalue weighted by molar-refractivity contribution is 0.401. The van der Waals surface area contributed by atoms with Gasteiger partial charge in [-0.15, -0.1) is 0 Å². The predicted octanol–water partition coefficient (Wildman–Crippen LogP) is 3.36. The van der Waals surface area contributed by atoms with Crippen molar-refractivity contribution in [3.8, 4) is 12.0 Å². The van der Waals surface area contributed by atoms with Gasteiger partial charge in [0.1, 0.15) is 0 Å². The third-order valence-corrected chi connectivity index (χ3v) is 1.96. The third-order valence-electron chi connectivity index (χ3n) is 1.96. The summed E-state index contributed by atoms with van der Waals surface area (Å²) in [5.74, 6) is 3.71. The first kappa shape index (κ1) is 14.9. The van der Waals surface area contributed by atoms with Crippen LogP contribution in [-0.4, -0.2) is 18.5 Å². The van der Waals surface area contributed by atoms with Crippen LogP contribution in [0.2, 0.25) is 0 Å². The largest absolute Gasteiger partial charge is 0.336 e. The van der Waals surface area contributed by atoms with Gasteiger partial charge in [0.25, 0.3) is 0 Å². The second-order valence-electron chi connectivity index (χ2n) is 3.09. The first-order valence-corrected chi connectivity index (χ1v) is 5.34. The van der Waals surface area contributed by atoms with Gasteiger partial charge in [0.2, 0.25) is 0 Å². The van der Waals surface area contributed by atoms with Crippen molar-refractivity contribution in [2.24, 2.45) is 5.92 Å². The van der Waals surface area contributed by atoms with E-state index in [9.17, 15) is 0 Å². The molecule has 0 saturated carbocycles. The monoisotopic (exact) mass is 183 g/mol. The highest BCUT2D eigenvalue weighted by Crippen LogP contribution is 2.05. The summed E-state index contributed by atoms with van der Waals surface area (Å²) in [4.78, 5) is 2.06. The molecule has 0 spiro atoms. The Labute approximate surface area is 84.5 Å². The first-order chi connectivity index (χ1) is 6.20. The zero-order valence-electron chi connectivity index (χ0n) is 10.1.